The van der Waals surface area contributed by atoms with Gasteiger partial charge in [0.05, 0.1) is 7.11 Å². The molecule has 5 N–H and O–H groups in total. The van der Waals surface area contributed by atoms with E-state index in [4.69, 9.17) is 10.6 Å². The summed E-state index contributed by atoms with van der Waals surface area (Å²) in [4.78, 5) is 35.1. The minimum absolute atomic E-state index is 0.196. The number of hydrogen-bond donors (Lipinski definition) is 4. The summed E-state index contributed by atoms with van der Waals surface area (Å²) >= 11 is 0. The third kappa shape index (κ3) is 6.97. The molecule has 0 bridgehead atoms. The SMILES string of the molecule is CCN=C(N)c1ccc(NC(=O)C(C(=O)NCc2ccc([NH+]([O-])OC)cc2)c2ccccc2)cc1. The normalized spacial score (nSPS) is 13.1. The Labute approximate surface area is 204 Å². The number of carbonyl (C=O) groups is 2. The molecule has 2 unspecified atom stereocenters. The highest BCUT2D eigenvalue weighted by atomic mass is 16.9. The van der Waals surface area contributed by atoms with Gasteiger partial charge in [0.1, 0.15) is 11.8 Å². The number of nitrogens with zero attached hydrogens (tertiary/aromatic N) is 1. The molecule has 2 atom stereocenters. The highest BCUT2D eigenvalue weighted by Crippen LogP contribution is 2.20. The topological polar surface area (TPSA) is 133 Å². The van der Waals surface area contributed by atoms with Crippen molar-refractivity contribution in [3.8, 4) is 0 Å². The predicted octanol–water partition coefficient (Wildman–Crippen LogP) is 2.03. The number of amidine groups is 1. The number of carbonyl (C=O) groups excluding carboxylic acids is 2. The van der Waals surface area contributed by atoms with E-state index in [-0.39, 0.29) is 6.54 Å². The maximum atomic E-state index is 13.2. The third-order valence-electron chi connectivity index (χ3n) is 5.28. The molecule has 0 radical (unpaired) electrons. The summed E-state index contributed by atoms with van der Waals surface area (Å²) < 4.78 is 0. The number of hydrogen-bond acceptors (Lipinski definition) is 5. The van der Waals surface area contributed by atoms with Gasteiger partial charge >= 0.3 is 0 Å². The zero-order valence-electron chi connectivity index (χ0n) is 19.7. The standard InChI is InChI=1S/C26H29N5O4/c1-3-28-24(27)20-11-13-21(14-12-20)30-26(33)23(19-7-5-4-6-8-19)25(32)29-17-18-9-15-22(16-10-18)31(34)35-2/h4-16,23,31H,3,17H2,1-2H3,(H2,27,28)(H,29,32)(H,30,33). The van der Waals surface area contributed by atoms with Gasteiger partial charge in [0, 0.05) is 36.5 Å². The molecule has 0 aliphatic heterocycles. The lowest BCUT2D eigenvalue weighted by Gasteiger charge is -2.18. The van der Waals surface area contributed by atoms with E-state index in [1.54, 1.807) is 72.8 Å². The van der Waals surface area contributed by atoms with Crippen LogP contribution in [0.25, 0.3) is 0 Å². The Kier molecular flexibility index (Phi) is 9.08. The molecule has 0 spiro atoms. The van der Waals surface area contributed by atoms with Crippen LogP contribution in [-0.2, 0) is 21.0 Å². The second-order valence-electron chi connectivity index (χ2n) is 7.68. The zero-order chi connectivity index (χ0) is 25.2. The van der Waals surface area contributed by atoms with E-state index in [0.29, 0.717) is 29.3 Å². The van der Waals surface area contributed by atoms with E-state index in [2.05, 4.69) is 15.6 Å². The molecule has 35 heavy (non-hydrogen) atoms. The van der Waals surface area contributed by atoms with E-state index in [9.17, 15) is 14.8 Å². The van der Waals surface area contributed by atoms with Crippen molar-refractivity contribution in [1.29, 1.82) is 0 Å². The van der Waals surface area contributed by atoms with E-state index in [1.807, 2.05) is 13.0 Å². The molecule has 3 aromatic carbocycles. The number of rotatable bonds is 10. The average Bonchev–Trinajstić information content (AvgIpc) is 2.88. The van der Waals surface area contributed by atoms with Crippen LogP contribution in [-0.4, -0.2) is 31.3 Å². The molecule has 0 heterocycles. The molecule has 9 nitrogen and oxygen atoms in total. The number of benzene rings is 3. The number of anilines is 1. The third-order valence-corrected chi connectivity index (χ3v) is 5.28. The molecule has 3 aromatic rings. The number of nitrogens with one attached hydrogen (secondary N) is 3. The van der Waals surface area contributed by atoms with Crippen molar-refractivity contribution in [3.05, 3.63) is 101 Å². The summed E-state index contributed by atoms with van der Waals surface area (Å²) in [6.07, 6.45) is 0. The molecule has 0 aromatic heterocycles. The Morgan fingerprint density at radius 2 is 1.66 bits per heavy atom. The van der Waals surface area contributed by atoms with Gasteiger partial charge < -0.3 is 21.6 Å². The molecule has 3 rings (SSSR count). The van der Waals surface area contributed by atoms with Gasteiger partial charge in [0.15, 0.2) is 5.69 Å². The molecular weight excluding hydrogens is 446 g/mol. The van der Waals surface area contributed by atoms with Crippen LogP contribution in [0.5, 0.6) is 0 Å². The summed E-state index contributed by atoms with van der Waals surface area (Å²) in [7, 11) is 1.32. The minimum atomic E-state index is -1.06. The van der Waals surface area contributed by atoms with E-state index >= 15 is 0 Å². The first-order valence-corrected chi connectivity index (χ1v) is 11.1. The van der Waals surface area contributed by atoms with Crippen molar-refractivity contribution in [1.82, 2.24) is 5.32 Å². The quantitative estimate of drug-likeness (QED) is 0.154. The summed E-state index contributed by atoms with van der Waals surface area (Å²) in [5.74, 6) is -1.54. The molecular formula is C26H29N5O4. The summed E-state index contributed by atoms with van der Waals surface area (Å²) in [5.41, 5.74) is 8.97. The van der Waals surface area contributed by atoms with Crippen LogP contribution in [0.2, 0.25) is 0 Å². The average molecular weight is 476 g/mol. The lowest BCUT2D eigenvalue weighted by Crippen LogP contribution is -3.00. The van der Waals surface area contributed by atoms with Crippen LogP contribution in [0, 0.1) is 5.21 Å². The Morgan fingerprint density at radius 1 is 1.00 bits per heavy atom. The fourth-order valence-corrected chi connectivity index (χ4v) is 3.44. The summed E-state index contributed by atoms with van der Waals surface area (Å²) in [5, 5.41) is 16.8. The van der Waals surface area contributed by atoms with Crippen LogP contribution in [0.4, 0.5) is 11.4 Å². The largest absolute Gasteiger partial charge is 0.595 e. The van der Waals surface area contributed by atoms with E-state index in [0.717, 1.165) is 11.1 Å². The summed E-state index contributed by atoms with van der Waals surface area (Å²) in [6.45, 7) is 2.67. The van der Waals surface area contributed by atoms with Gasteiger partial charge in [0.2, 0.25) is 11.8 Å². The van der Waals surface area contributed by atoms with Crippen molar-refractivity contribution < 1.29 is 19.7 Å². The first kappa shape index (κ1) is 25.6. The van der Waals surface area contributed by atoms with Gasteiger partial charge in [-0.15, -0.1) is 0 Å². The van der Waals surface area contributed by atoms with Crippen molar-refractivity contribution in [2.24, 2.45) is 10.7 Å². The van der Waals surface area contributed by atoms with Crippen molar-refractivity contribution in [2.45, 2.75) is 19.4 Å². The fourth-order valence-electron chi connectivity index (χ4n) is 3.44. The Morgan fingerprint density at radius 3 is 2.26 bits per heavy atom. The Hall–Kier alpha value is -4.05. The number of nitrogens with two attached hydrogens (primary N) is 1. The number of quaternary nitrogens is 1. The second-order valence-corrected chi connectivity index (χ2v) is 7.68. The maximum Gasteiger partial charge on any atom is 0.241 e. The fraction of sp³-hybridized carbons (Fsp3) is 0.192. The van der Waals surface area contributed by atoms with Crippen LogP contribution in [0.3, 0.4) is 0 Å². The molecule has 182 valence electrons. The molecule has 9 heteroatoms. The van der Waals surface area contributed by atoms with Gasteiger partial charge in [-0.2, -0.15) is 5.23 Å². The lowest BCUT2D eigenvalue weighted by molar-refractivity contribution is -0.992. The first-order valence-electron chi connectivity index (χ1n) is 11.1. The van der Waals surface area contributed by atoms with E-state index in [1.165, 1.54) is 7.11 Å². The van der Waals surface area contributed by atoms with Crippen molar-refractivity contribution in [2.75, 3.05) is 19.0 Å². The molecule has 0 fully saturated rings. The molecule has 2 amide bonds. The molecule has 0 saturated carbocycles. The second kappa shape index (κ2) is 12.4. The van der Waals surface area contributed by atoms with Gasteiger partial charge in [0.25, 0.3) is 0 Å². The van der Waals surface area contributed by atoms with Gasteiger partial charge in [-0.3, -0.25) is 14.6 Å². The summed E-state index contributed by atoms with van der Waals surface area (Å²) in [6, 6.07) is 22.5. The predicted molar refractivity (Wildman–Crippen MR) is 135 cm³/mol. The van der Waals surface area contributed by atoms with Crippen molar-refractivity contribution >= 4 is 29.0 Å². The van der Waals surface area contributed by atoms with Crippen molar-refractivity contribution in [3.63, 3.8) is 0 Å². The van der Waals surface area contributed by atoms with Crippen LogP contribution in [0.1, 0.15) is 29.5 Å². The Balaban J connectivity index is 1.72. The molecule has 0 saturated heterocycles. The first-order chi connectivity index (χ1) is 16.9. The minimum Gasteiger partial charge on any atom is -0.595 e. The van der Waals surface area contributed by atoms with Crippen LogP contribution >= 0.6 is 0 Å². The van der Waals surface area contributed by atoms with Crippen LogP contribution in [0.15, 0.2) is 83.9 Å². The van der Waals surface area contributed by atoms with Gasteiger partial charge in [-0.25, -0.2) is 4.84 Å². The lowest BCUT2D eigenvalue weighted by atomic mass is 9.97. The smallest absolute Gasteiger partial charge is 0.241 e. The number of aliphatic imine (C=N–C) groups is 1. The highest BCUT2D eigenvalue weighted by molar-refractivity contribution is 6.11. The monoisotopic (exact) mass is 475 g/mol. The highest BCUT2D eigenvalue weighted by Gasteiger charge is 2.28. The van der Waals surface area contributed by atoms with Gasteiger partial charge in [-0.05, 0) is 42.3 Å². The van der Waals surface area contributed by atoms with Crippen LogP contribution < -0.4 is 21.6 Å². The van der Waals surface area contributed by atoms with Gasteiger partial charge in [-0.1, -0.05) is 42.5 Å². The Bertz CT molecular complexity index is 1150. The molecule has 0 aliphatic carbocycles. The molecule has 0 aliphatic rings. The zero-order valence-corrected chi connectivity index (χ0v) is 19.7. The maximum absolute atomic E-state index is 13.2. The van der Waals surface area contributed by atoms with E-state index < -0.39 is 23.0 Å². The number of amides is 2.